The third-order valence-electron chi connectivity index (χ3n) is 9.32. The summed E-state index contributed by atoms with van der Waals surface area (Å²) in [4.78, 5) is 61.9. The molecule has 0 fully saturated rings. The highest BCUT2D eigenvalue weighted by Gasteiger charge is 2.46. The lowest BCUT2D eigenvalue weighted by atomic mass is 9.80. The molecule has 10 heteroatoms. The minimum atomic E-state index is -1.36. The molecule has 1 unspecified atom stereocenters. The van der Waals surface area contributed by atoms with Gasteiger partial charge < -0.3 is 25.7 Å². The molecule has 0 radical (unpaired) electrons. The minimum absolute atomic E-state index is 0.104. The van der Waals surface area contributed by atoms with Gasteiger partial charge >= 0.3 is 5.97 Å². The quantitative estimate of drug-likeness (QED) is 0.142. The Balaban J connectivity index is 1.18. The maximum atomic E-state index is 14.2. The van der Waals surface area contributed by atoms with Gasteiger partial charge in [-0.25, -0.2) is 4.79 Å². The van der Waals surface area contributed by atoms with Crippen LogP contribution in [0.5, 0.6) is 0 Å². The maximum absolute atomic E-state index is 14.2. The molecule has 10 nitrogen and oxygen atoms in total. The molecule has 0 aliphatic heterocycles. The number of aromatic amines is 1. The van der Waals surface area contributed by atoms with Crippen LogP contribution in [0.2, 0.25) is 0 Å². The van der Waals surface area contributed by atoms with Gasteiger partial charge in [0.15, 0.2) is 0 Å². The summed E-state index contributed by atoms with van der Waals surface area (Å²) in [6.07, 6.45) is 4.41. The first kappa shape index (κ1) is 33.0. The van der Waals surface area contributed by atoms with E-state index in [1.54, 1.807) is 24.5 Å². The van der Waals surface area contributed by atoms with E-state index < -0.39 is 47.7 Å². The van der Waals surface area contributed by atoms with Crippen molar-refractivity contribution in [3.05, 3.63) is 162 Å². The average molecular weight is 678 g/mol. The molecule has 1 aliphatic rings. The highest BCUT2D eigenvalue weighted by molar-refractivity contribution is 5.99. The highest BCUT2D eigenvalue weighted by Crippen LogP contribution is 2.50. The SMILES string of the molecule is COC(=O)C(CC(=O)NC1(c2ccccc2)c2ccccc2-c2ccccc21)NC(=O)[C@H](Cc1c[nH]c2ccccc12)NC(=O)c1cccnc1. The second-order valence-corrected chi connectivity index (χ2v) is 12.4. The summed E-state index contributed by atoms with van der Waals surface area (Å²) in [6.45, 7) is 0. The lowest BCUT2D eigenvalue weighted by Gasteiger charge is -2.34. The van der Waals surface area contributed by atoms with E-state index in [2.05, 4.69) is 25.9 Å². The number of methoxy groups -OCH3 is 1. The number of H-pyrrole nitrogens is 1. The molecule has 4 N–H and O–H groups in total. The van der Waals surface area contributed by atoms with Crippen LogP contribution >= 0.6 is 0 Å². The summed E-state index contributed by atoms with van der Waals surface area (Å²) in [5, 5.41) is 9.67. The maximum Gasteiger partial charge on any atom is 0.328 e. The summed E-state index contributed by atoms with van der Waals surface area (Å²) in [7, 11) is 1.20. The van der Waals surface area contributed by atoms with Gasteiger partial charge in [-0.15, -0.1) is 0 Å². The number of rotatable bonds is 11. The minimum Gasteiger partial charge on any atom is -0.467 e. The number of esters is 1. The summed E-state index contributed by atoms with van der Waals surface area (Å²) >= 11 is 0. The number of fused-ring (bicyclic) bond motifs is 4. The monoisotopic (exact) mass is 677 g/mol. The Morgan fingerprint density at radius 1 is 0.765 bits per heavy atom. The third kappa shape index (κ3) is 6.35. The lowest BCUT2D eigenvalue weighted by Crippen LogP contribution is -2.54. The van der Waals surface area contributed by atoms with Crippen molar-refractivity contribution in [3.8, 4) is 11.1 Å². The van der Waals surface area contributed by atoms with Crippen LogP contribution in [0, 0.1) is 0 Å². The van der Waals surface area contributed by atoms with Crippen LogP contribution in [-0.4, -0.2) is 52.9 Å². The Hall–Kier alpha value is -6.55. The number of pyridine rings is 1. The summed E-state index contributed by atoms with van der Waals surface area (Å²) in [5.41, 5.74) is 5.45. The molecule has 1 aliphatic carbocycles. The number of ether oxygens (including phenoxy) is 1. The molecule has 2 aromatic heterocycles. The van der Waals surface area contributed by atoms with Crippen LogP contribution in [0.4, 0.5) is 0 Å². The van der Waals surface area contributed by atoms with E-state index in [4.69, 9.17) is 4.74 Å². The molecule has 2 atom stereocenters. The van der Waals surface area contributed by atoms with Crippen LogP contribution in [0.1, 0.15) is 39.0 Å². The molecule has 0 saturated carbocycles. The normalized spacial score (nSPS) is 13.7. The largest absolute Gasteiger partial charge is 0.467 e. The zero-order chi connectivity index (χ0) is 35.4. The van der Waals surface area contributed by atoms with E-state index in [0.717, 1.165) is 44.3 Å². The van der Waals surface area contributed by atoms with Crippen LogP contribution in [0.3, 0.4) is 0 Å². The first-order chi connectivity index (χ1) is 24.9. The first-order valence-corrected chi connectivity index (χ1v) is 16.6. The van der Waals surface area contributed by atoms with Crippen molar-refractivity contribution in [2.24, 2.45) is 0 Å². The van der Waals surface area contributed by atoms with Crippen LogP contribution in [0.25, 0.3) is 22.0 Å². The number of hydrogen-bond acceptors (Lipinski definition) is 6. The predicted molar refractivity (Wildman–Crippen MR) is 192 cm³/mol. The van der Waals surface area contributed by atoms with Gasteiger partial charge in [-0.3, -0.25) is 19.4 Å². The number of aromatic nitrogens is 2. The second kappa shape index (κ2) is 14.1. The number of benzene rings is 4. The Labute approximate surface area is 294 Å². The number of para-hydroxylation sites is 1. The molecular weight excluding hydrogens is 642 g/mol. The van der Waals surface area contributed by atoms with Crippen molar-refractivity contribution < 1.29 is 23.9 Å². The van der Waals surface area contributed by atoms with Gasteiger partial charge in [-0.2, -0.15) is 0 Å². The predicted octanol–water partition coefficient (Wildman–Crippen LogP) is 5.04. The zero-order valence-electron chi connectivity index (χ0n) is 27.8. The van der Waals surface area contributed by atoms with Crippen molar-refractivity contribution in [1.82, 2.24) is 25.9 Å². The molecule has 254 valence electrons. The fourth-order valence-corrected chi connectivity index (χ4v) is 6.96. The van der Waals surface area contributed by atoms with Crippen molar-refractivity contribution >= 4 is 34.6 Å². The Morgan fingerprint density at radius 2 is 1.43 bits per heavy atom. The average Bonchev–Trinajstić information content (AvgIpc) is 3.71. The van der Waals surface area contributed by atoms with Gasteiger partial charge in [0.1, 0.15) is 17.6 Å². The highest BCUT2D eigenvalue weighted by atomic mass is 16.5. The zero-order valence-corrected chi connectivity index (χ0v) is 27.8. The molecular formula is C41H35N5O5. The molecule has 6 aromatic rings. The molecule has 0 saturated heterocycles. The Morgan fingerprint density at radius 3 is 2.12 bits per heavy atom. The number of nitrogens with zero attached hydrogens (tertiary/aromatic N) is 1. The second-order valence-electron chi connectivity index (χ2n) is 12.4. The number of nitrogens with one attached hydrogen (secondary N) is 4. The van der Waals surface area contributed by atoms with E-state index >= 15 is 0 Å². The van der Waals surface area contributed by atoms with E-state index in [1.807, 2.05) is 103 Å². The van der Waals surface area contributed by atoms with Crippen molar-refractivity contribution in [1.29, 1.82) is 0 Å². The number of hydrogen-bond donors (Lipinski definition) is 4. The van der Waals surface area contributed by atoms with E-state index in [1.165, 1.54) is 13.3 Å². The first-order valence-electron chi connectivity index (χ1n) is 16.6. The Kier molecular flexibility index (Phi) is 9.13. The van der Waals surface area contributed by atoms with Crippen molar-refractivity contribution in [3.63, 3.8) is 0 Å². The third-order valence-corrected chi connectivity index (χ3v) is 9.32. The van der Waals surface area contributed by atoms with Gasteiger partial charge in [0.25, 0.3) is 5.91 Å². The van der Waals surface area contributed by atoms with Gasteiger partial charge in [-0.1, -0.05) is 97.1 Å². The molecule has 4 aromatic carbocycles. The van der Waals surface area contributed by atoms with E-state index in [-0.39, 0.29) is 12.0 Å². The van der Waals surface area contributed by atoms with Crippen LogP contribution in [0.15, 0.2) is 134 Å². The Bertz CT molecular complexity index is 2190. The van der Waals surface area contributed by atoms with Crippen molar-refractivity contribution in [2.75, 3.05) is 7.11 Å². The molecule has 0 spiro atoms. The lowest BCUT2D eigenvalue weighted by molar-refractivity contribution is -0.147. The molecule has 51 heavy (non-hydrogen) atoms. The van der Waals surface area contributed by atoms with Gasteiger partial charge in [0, 0.05) is 35.9 Å². The van der Waals surface area contributed by atoms with Gasteiger partial charge in [-0.05, 0) is 51.6 Å². The van der Waals surface area contributed by atoms with E-state index in [9.17, 15) is 19.2 Å². The van der Waals surface area contributed by atoms with Crippen LogP contribution < -0.4 is 16.0 Å². The molecule has 3 amide bonds. The van der Waals surface area contributed by atoms with Gasteiger partial charge in [0.05, 0.1) is 19.1 Å². The number of carbonyl (C=O) groups is 4. The summed E-state index contributed by atoms with van der Waals surface area (Å²) in [5.74, 6) is -2.47. The van der Waals surface area contributed by atoms with E-state index in [0.29, 0.717) is 0 Å². The fourth-order valence-electron chi connectivity index (χ4n) is 6.96. The number of amides is 3. The molecule has 2 heterocycles. The standard InChI is InChI=1S/C41H35N5O5/c1-51-40(50)36(45-39(49)35(44-38(48)26-12-11-21-42-24-26)22-27-25-43-34-20-10-7-15-29(27)34)23-37(47)46-41(28-13-3-2-4-14-28)32-18-8-5-16-30(32)31-17-6-9-19-33(31)41/h2-21,24-25,35-36,43H,22-23H2,1H3,(H,44,48)(H,45,49)(H,46,47)/t35-,36?/m0/s1. The van der Waals surface area contributed by atoms with Gasteiger partial charge in [0.2, 0.25) is 11.8 Å². The number of carbonyl (C=O) groups excluding carboxylic acids is 4. The van der Waals surface area contributed by atoms with Crippen molar-refractivity contribution in [2.45, 2.75) is 30.5 Å². The smallest absolute Gasteiger partial charge is 0.328 e. The topological polar surface area (TPSA) is 142 Å². The summed E-state index contributed by atoms with van der Waals surface area (Å²) < 4.78 is 5.07. The van der Waals surface area contributed by atoms with Crippen LogP contribution in [-0.2, 0) is 31.1 Å². The molecule has 0 bridgehead atoms. The molecule has 7 rings (SSSR count). The fraction of sp³-hybridized carbons (Fsp3) is 0.146. The summed E-state index contributed by atoms with van der Waals surface area (Å²) in [6, 6.07) is 33.8.